The van der Waals surface area contributed by atoms with Crippen molar-refractivity contribution in [1.29, 1.82) is 0 Å². The molecule has 0 bridgehead atoms. The van der Waals surface area contributed by atoms with E-state index in [0.29, 0.717) is 22.8 Å². The second-order valence-electron chi connectivity index (χ2n) is 7.14. The number of nitrogens with zero attached hydrogens (tertiary/aromatic N) is 3. The molecule has 8 nitrogen and oxygen atoms in total. The van der Waals surface area contributed by atoms with Crippen molar-refractivity contribution in [2.45, 2.75) is 30.8 Å². The van der Waals surface area contributed by atoms with Gasteiger partial charge < -0.3 is 9.42 Å². The average Bonchev–Trinajstić information content (AvgIpc) is 3.47. The van der Waals surface area contributed by atoms with E-state index in [1.165, 1.54) is 12.1 Å². The molecule has 170 valence electrons. The lowest BCUT2D eigenvalue weighted by Gasteiger charge is -2.11. The first-order valence-electron chi connectivity index (χ1n) is 9.48. The highest BCUT2D eigenvalue weighted by Gasteiger charge is 2.31. The number of nitrogens with one attached hydrogen (secondary N) is 1. The van der Waals surface area contributed by atoms with Crippen molar-refractivity contribution in [2.24, 2.45) is 0 Å². The molecule has 1 aliphatic heterocycles. The van der Waals surface area contributed by atoms with Crippen LogP contribution in [0, 0.1) is 6.92 Å². The molecule has 1 amide bonds. The second-order valence-corrected chi connectivity index (χ2v) is 10.0. The summed E-state index contributed by atoms with van der Waals surface area (Å²) >= 11 is 1.06. The number of anilines is 1. The normalized spacial score (nSPS) is 14.7. The number of aromatic nitrogens is 2. The van der Waals surface area contributed by atoms with Gasteiger partial charge in [0.2, 0.25) is 5.82 Å². The summed E-state index contributed by atoms with van der Waals surface area (Å²) in [6, 6.07) is 5.21. The Labute approximate surface area is 185 Å². The van der Waals surface area contributed by atoms with Crippen molar-refractivity contribution in [3.63, 3.8) is 0 Å². The van der Waals surface area contributed by atoms with Gasteiger partial charge in [0.05, 0.1) is 10.4 Å². The molecule has 0 aliphatic carbocycles. The van der Waals surface area contributed by atoms with E-state index in [-0.39, 0.29) is 28.2 Å². The van der Waals surface area contributed by atoms with Gasteiger partial charge in [-0.2, -0.15) is 18.2 Å². The van der Waals surface area contributed by atoms with Crippen LogP contribution in [0.5, 0.6) is 0 Å². The fourth-order valence-corrected chi connectivity index (χ4v) is 5.85. The molecule has 0 spiro atoms. The number of carbonyl (C=O) groups is 1. The Balaban J connectivity index is 1.58. The van der Waals surface area contributed by atoms with E-state index in [0.717, 1.165) is 42.4 Å². The zero-order valence-electron chi connectivity index (χ0n) is 16.6. The van der Waals surface area contributed by atoms with Gasteiger partial charge in [0.25, 0.3) is 10.0 Å². The van der Waals surface area contributed by atoms with E-state index in [1.807, 2.05) is 0 Å². The fraction of sp³-hybridized carbons (Fsp3) is 0.316. The Morgan fingerprint density at radius 3 is 2.62 bits per heavy atom. The maximum atomic E-state index is 12.9. The van der Waals surface area contributed by atoms with E-state index >= 15 is 0 Å². The van der Waals surface area contributed by atoms with Gasteiger partial charge in [0.1, 0.15) is 4.90 Å². The van der Waals surface area contributed by atoms with E-state index < -0.39 is 21.8 Å². The lowest BCUT2D eigenvalue weighted by atomic mass is 10.2. The molecule has 0 radical (unpaired) electrons. The van der Waals surface area contributed by atoms with Gasteiger partial charge in [-0.15, -0.1) is 11.3 Å². The van der Waals surface area contributed by atoms with Gasteiger partial charge in [-0.05, 0) is 44.0 Å². The highest BCUT2D eigenvalue weighted by Crippen LogP contribution is 2.34. The monoisotopic (exact) mass is 486 g/mol. The lowest BCUT2D eigenvalue weighted by Crippen LogP contribution is -2.27. The Hall–Kier alpha value is -2.93. The molecule has 0 unspecified atom stereocenters. The third-order valence-electron chi connectivity index (χ3n) is 4.83. The molecule has 1 aliphatic rings. The van der Waals surface area contributed by atoms with Crippen molar-refractivity contribution in [3.05, 3.63) is 46.7 Å². The number of halogens is 3. The van der Waals surface area contributed by atoms with Crippen LogP contribution in [0.3, 0.4) is 0 Å². The number of sulfonamides is 1. The summed E-state index contributed by atoms with van der Waals surface area (Å²) in [6.45, 7) is 2.77. The van der Waals surface area contributed by atoms with Crippen LogP contribution in [0.25, 0.3) is 10.7 Å². The number of benzene rings is 1. The van der Waals surface area contributed by atoms with Crippen molar-refractivity contribution in [3.8, 4) is 10.7 Å². The van der Waals surface area contributed by atoms with E-state index in [4.69, 9.17) is 4.52 Å². The molecular formula is C19H17F3N4O4S2. The smallest absolute Gasteiger partial charge is 0.334 e. The van der Waals surface area contributed by atoms with Gasteiger partial charge in [0.15, 0.2) is 0 Å². The van der Waals surface area contributed by atoms with Crippen molar-refractivity contribution < 1.29 is 30.9 Å². The van der Waals surface area contributed by atoms with Crippen molar-refractivity contribution in [2.75, 3.05) is 17.8 Å². The molecule has 0 atom stereocenters. The van der Waals surface area contributed by atoms with Gasteiger partial charge in [0, 0.05) is 23.7 Å². The van der Waals surface area contributed by atoms with E-state index in [2.05, 4.69) is 14.9 Å². The molecule has 0 saturated carbocycles. The maximum absolute atomic E-state index is 12.9. The van der Waals surface area contributed by atoms with Crippen LogP contribution in [0.2, 0.25) is 0 Å². The quantitative estimate of drug-likeness (QED) is 0.581. The summed E-state index contributed by atoms with van der Waals surface area (Å²) in [7, 11) is -4.18. The van der Waals surface area contributed by atoms with Crippen LogP contribution < -0.4 is 4.72 Å². The van der Waals surface area contributed by atoms with E-state index in [9.17, 15) is 26.4 Å². The third-order valence-corrected chi connectivity index (χ3v) is 7.51. The molecule has 32 heavy (non-hydrogen) atoms. The molecule has 3 heterocycles. The molecule has 1 saturated heterocycles. The van der Waals surface area contributed by atoms with Crippen LogP contribution in [0.1, 0.15) is 34.0 Å². The number of aryl methyl sites for hydroxylation is 1. The number of thiophene rings is 1. The minimum atomic E-state index is -4.60. The highest BCUT2D eigenvalue weighted by molar-refractivity contribution is 7.93. The van der Waals surface area contributed by atoms with Crippen molar-refractivity contribution >= 4 is 33.0 Å². The van der Waals surface area contributed by atoms with Crippen LogP contribution >= 0.6 is 11.3 Å². The Morgan fingerprint density at radius 2 is 1.94 bits per heavy atom. The standard InChI is InChI=1S/C19H17F3N4O4S2/c1-11-15(32(28,29)25-13-6-4-5-12(9-13)19(20,21)22)10-14(31-11)16-23-17(30-24-16)18(27)26-7-2-3-8-26/h4-6,9-10,25H,2-3,7-8H2,1H3. The number of likely N-dealkylation sites (tertiary alicyclic amines) is 1. The molecule has 1 aromatic carbocycles. The summed E-state index contributed by atoms with van der Waals surface area (Å²) in [6.07, 6.45) is -2.80. The van der Waals surface area contributed by atoms with Crippen LogP contribution in [-0.4, -0.2) is 42.5 Å². The Morgan fingerprint density at radius 1 is 1.22 bits per heavy atom. The number of alkyl halides is 3. The second kappa shape index (κ2) is 8.20. The predicted octanol–water partition coefficient (Wildman–Crippen LogP) is 4.16. The minimum absolute atomic E-state index is 0.0566. The Bertz CT molecular complexity index is 1260. The van der Waals surface area contributed by atoms with Crippen LogP contribution in [0.4, 0.5) is 18.9 Å². The zero-order chi connectivity index (χ0) is 23.1. The molecule has 3 aromatic rings. The summed E-state index contributed by atoms with van der Waals surface area (Å²) in [5, 5.41) is 3.77. The molecule has 13 heteroatoms. The molecule has 4 rings (SSSR count). The summed E-state index contributed by atoms with van der Waals surface area (Å²) in [5.41, 5.74) is -1.19. The largest absolute Gasteiger partial charge is 0.416 e. The summed E-state index contributed by atoms with van der Waals surface area (Å²) in [5.74, 6) is -0.505. The number of rotatable bonds is 5. The number of carbonyl (C=O) groups excluding carboxylic acids is 1. The number of hydrogen-bond acceptors (Lipinski definition) is 7. The lowest BCUT2D eigenvalue weighted by molar-refractivity contribution is -0.137. The van der Waals surface area contributed by atoms with Crippen LogP contribution in [-0.2, 0) is 16.2 Å². The first-order chi connectivity index (χ1) is 15.0. The molecule has 1 N–H and O–H groups in total. The van der Waals surface area contributed by atoms with Gasteiger partial charge in [-0.25, -0.2) is 8.42 Å². The van der Waals surface area contributed by atoms with Crippen molar-refractivity contribution in [1.82, 2.24) is 15.0 Å². The topological polar surface area (TPSA) is 105 Å². The molecular weight excluding hydrogens is 469 g/mol. The fourth-order valence-electron chi connectivity index (χ4n) is 3.28. The first kappa shape index (κ1) is 22.3. The van der Waals surface area contributed by atoms with E-state index in [1.54, 1.807) is 11.8 Å². The molecule has 1 fully saturated rings. The molecule has 2 aromatic heterocycles. The average molecular weight is 486 g/mol. The third kappa shape index (κ3) is 4.48. The maximum Gasteiger partial charge on any atom is 0.416 e. The predicted molar refractivity (Wildman–Crippen MR) is 110 cm³/mol. The Kier molecular flexibility index (Phi) is 5.71. The van der Waals surface area contributed by atoms with Crippen LogP contribution in [0.15, 0.2) is 39.8 Å². The number of amides is 1. The van der Waals surface area contributed by atoms with Gasteiger partial charge in [-0.1, -0.05) is 11.2 Å². The highest BCUT2D eigenvalue weighted by atomic mass is 32.2. The van der Waals surface area contributed by atoms with Gasteiger partial charge in [-0.3, -0.25) is 9.52 Å². The summed E-state index contributed by atoms with van der Waals surface area (Å²) < 4.78 is 71.6. The van der Waals surface area contributed by atoms with Gasteiger partial charge >= 0.3 is 18.0 Å². The SMILES string of the molecule is Cc1sc(-c2noc(C(=O)N3CCCC3)n2)cc1S(=O)(=O)Nc1cccc(C(F)(F)F)c1. The zero-order valence-corrected chi connectivity index (χ0v) is 18.3. The minimum Gasteiger partial charge on any atom is -0.334 e. The number of hydrogen-bond donors (Lipinski definition) is 1. The summed E-state index contributed by atoms with van der Waals surface area (Å²) in [4.78, 5) is 18.6. The first-order valence-corrected chi connectivity index (χ1v) is 11.8.